The van der Waals surface area contributed by atoms with Crippen LogP contribution in [-0.2, 0) is 14.2 Å². The van der Waals surface area contributed by atoms with Gasteiger partial charge in [-0.25, -0.2) is 4.79 Å². The van der Waals surface area contributed by atoms with E-state index in [-0.39, 0.29) is 24.3 Å². The number of nitrogens with two attached hydrogens (primary N) is 1. The molecule has 12 heteroatoms. The van der Waals surface area contributed by atoms with Gasteiger partial charge in [0.25, 0.3) is 5.56 Å². The Balaban J connectivity index is 2.10. The van der Waals surface area contributed by atoms with Gasteiger partial charge in [-0.1, -0.05) is 0 Å². The third-order valence-corrected chi connectivity index (χ3v) is 6.87. The van der Waals surface area contributed by atoms with Crippen LogP contribution >= 0.6 is 0 Å². The second-order valence-electron chi connectivity index (χ2n) is 9.36. The first kappa shape index (κ1) is 32.0. The van der Waals surface area contributed by atoms with Crippen LogP contribution in [0, 0.1) is 0 Å². The summed E-state index contributed by atoms with van der Waals surface area (Å²) in [6.07, 6.45) is 0. The van der Waals surface area contributed by atoms with Crippen LogP contribution in [-0.4, -0.2) is 79.6 Å². The van der Waals surface area contributed by atoms with E-state index >= 15 is 0 Å². The topological polar surface area (TPSA) is 139 Å². The highest BCUT2D eigenvalue weighted by Gasteiger charge is 2.28. The number of methoxy groups -OCH3 is 6. The Kier molecular flexibility index (Phi) is 10.5. The van der Waals surface area contributed by atoms with E-state index < -0.39 is 11.5 Å². The molecule has 234 valence electrons. The zero-order valence-electron chi connectivity index (χ0n) is 25.6. The van der Waals surface area contributed by atoms with Crippen LogP contribution < -0.4 is 35.0 Å². The number of benzene rings is 3. The van der Waals surface area contributed by atoms with Gasteiger partial charge in [0.05, 0.1) is 60.8 Å². The molecule has 0 aliphatic heterocycles. The summed E-state index contributed by atoms with van der Waals surface area (Å²) < 4.78 is 45.5. The Morgan fingerprint density at radius 1 is 0.727 bits per heavy atom. The summed E-state index contributed by atoms with van der Waals surface area (Å²) in [6.45, 7) is 1.34. The lowest BCUT2D eigenvalue weighted by Crippen LogP contribution is -2.27. The van der Waals surface area contributed by atoms with Crippen molar-refractivity contribution < 1.29 is 42.7 Å². The number of nitrogen functional groups attached to an aromatic ring is 1. The molecule has 3 aromatic carbocycles. The van der Waals surface area contributed by atoms with Crippen molar-refractivity contribution in [1.29, 1.82) is 0 Å². The number of anilines is 1. The molecule has 2 N–H and O–H groups in total. The maximum Gasteiger partial charge on any atom is 0.355 e. The molecule has 0 aliphatic carbocycles. The molecule has 0 saturated carbocycles. The first-order valence-corrected chi connectivity index (χ1v) is 13.6. The van der Waals surface area contributed by atoms with Crippen molar-refractivity contribution in [3.63, 3.8) is 0 Å². The van der Waals surface area contributed by atoms with Gasteiger partial charge >= 0.3 is 5.97 Å². The quantitative estimate of drug-likeness (QED) is 0.126. The molecule has 0 atom stereocenters. The number of carbonyl (C=O) groups is 1. The smallest absolute Gasteiger partial charge is 0.355 e. The van der Waals surface area contributed by atoms with E-state index in [1.165, 1.54) is 40.1 Å². The van der Waals surface area contributed by atoms with Crippen molar-refractivity contribution >= 4 is 22.4 Å². The average molecular weight is 609 g/mol. The molecule has 0 saturated heterocycles. The first-order chi connectivity index (χ1) is 21.3. The molecule has 0 unspecified atom stereocenters. The molecule has 0 spiro atoms. The van der Waals surface area contributed by atoms with Crippen LogP contribution in [0.1, 0.15) is 10.5 Å². The molecule has 0 amide bonds. The maximum absolute atomic E-state index is 14.3. The second-order valence-corrected chi connectivity index (χ2v) is 9.36. The number of hydrogen-bond acceptors (Lipinski definition) is 11. The first-order valence-electron chi connectivity index (χ1n) is 13.6. The minimum Gasteiger partial charge on any atom is -0.493 e. The van der Waals surface area contributed by atoms with Gasteiger partial charge in [0, 0.05) is 29.4 Å². The number of nitrogens with zero attached hydrogens (tertiary/aromatic N) is 1. The summed E-state index contributed by atoms with van der Waals surface area (Å²) in [6, 6.07) is 13.2. The lowest BCUT2D eigenvalue weighted by molar-refractivity contribution is 0.0540. The van der Waals surface area contributed by atoms with Crippen LogP contribution in [0.2, 0.25) is 0 Å². The van der Waals surface area contributed by atoms with E-state index in [0.717, 1.165) is 0 Å². The highest BCUT2D eigenvalue weighted by molar-refractivity contribution is 6.08. The molecule has 0 aliphatic rings. The number of aromatic nitrogens is 1. The van der Waals surface area contributed by atoms with Crippen molar-refractivity contribution in [3.8, 4) is 45.6 Å². The van der Waals surface area contributed by atoms with Gasteiger partial charge < -0.3 is 43.6 Å². The number of fused-ring (bicyclic) bond motifs is 1. The third kappa shape index (κ3) is 6.36. The maximum atomic E-state index is 14.3. The van der Waals surface area contributed by atoms with Gasteiger partial charge in [0.2, 0.25) is 5.75 Å². The highest BCUT2D eigenvalue weighted by Crippen LogP contribution is 2.45. The van der Waals surface area contributed by atoms with Gasteiger partial charge in [0.1, 0.15) is 12.3 Å². The van der Waals surface area contributed by atoms with E-state index in [9.17, 15) is 9.59 Å². The standard InChI is InChI=1S/C32H36N2O10/c1-37-11-12-43-13-14-44-25-17-22-23(18-24(25)38-2)31(35)34(21-9-7-20(33)8-10-21)29(32(36)42-6)28(22)19-15-26(39-3)30(41-5)27(16-19)40-4/h7-10,15-18H,11-14,33H2,1-6H3. The van der Waals surface area contributed by atoms with Crippen molar-refractivity contribution in [2.75, 3.05) is 74.8 Å². The second kappa shape index (κ2) is 14.5. The van der Waals surface area contributed by atoms with Crippen LogP contribution in [0.5, 0.6) is 28.7 Å². The summed E-state index contributed by atoms with van der Waals surface area (Å²) >= 11 is 0. The summed E-state index contributed by atoms with van der Waals surface area (Å²) in [5.74, 6) is 0.938. The van der Waals surface area contributed by atoms with Crippen molar-refractivity contribution in [2.24, 2.45) is 0 Å². The third-order valence-electron chi connectivity index (χ3n) is 6.87. The van der Waals surface area contributed by atoms with E-state index in [1.54, 1.807) is 55.6 Å². The monoisotopic (exact) mass is 608 g/mol. The Bertz CT molecular complexity index is 1660. The molecular weight excluding hydrogens is 572 g/mol. The Morgan fingerprint density at radius 3 is 1.91 bits per heavy atom. The average Bonchev–Trinajstić information content (AvgIpc) is 3.05. The van der Waals surface area contributed by atoms with E-state index in [0.29, 0.717) is 69.8 Å². The molecule has 4 rings (SSSR count). The van der Waals surface area contributed by atoms with Crippen molar-refractivity contribution in [1.82, 2.24) is 4.57 Å². The summed E-state index contributed by atoms with van der Waals surface area (Å²) in [7, 11) is 8.78. The molecule has 12 nitrogen and oxygen atoms in total. The van der Waals surface area contributed by atoms with Crippen LogP contribution in [0.25, 0.3) is 27.6 Å². The Labute approximate surface area is 254 Å². The molecule has 4 aromatic rings. The Hall–Kier alpha value is -4.94. The number of pyridine rings is 1. The van der Waals surface area contributed by atoms with Gasteiger partial charge in [-0.2, -0.15) is 0 Å². The minimum absolute atomic E-state index is 0.0388. The minimum atomic E-state index is -0.755. The predicted molar refractivity (Wildman–Crippen MR) is 165 cm³/mol. The molecule has 0 fully saturated rings. The molecule has 0 radical (unpaired) electrons. The van der Waals surface area contributed by atoms with E-state index in [2.05, 4.69) is 0 Å². The van der Waals surface area contributed by atoms with Crippen LogP contribution in [0.15, 0.2) is 53.3 Å². The van der Waals surface area contributed by atoms with Crippen LogP contribution in [0.4, 0.5) is 5.69 Å². The lowest BCUT2D eigenvalue weighted by atomic mass is 9.95. The van der Waals surface area contributed by atoms with Crippen molar-refractivity contribution in [3.05, 3.63) is 64.6 Å². The molecule has 44 heavy (non-hydrogen) atoms. The largest absolute Gasteiger partial charge is 0.493 e. The predicted octanol–water partition coefficient (Wildman–Crippen LogP) is 4.10. The number of hydrogen-bond donors (Lipinski definition) is 1. The molecular formula is C32H36N2O10. The summed E-state index contributed by atoms with van der Waals surface area (Å²) in [5, 5.41) is 0.645. The number of carbonyl (C=O) groups excluding carboxylic acids is 1. The molecule has 1 aromatic heterocycles. The van der Waals surface area contributed by atoms with Crippen molar-refractivity contribution in [2.45, 2.75) is 0 Å². The van der Waals surface area contributed by atoms with E-state index in [1.807, 2.05) is 0 Å². The zero-order chi connectivity index (χ0) is 31.8. The fraction of sp³-hybridized carbons (Fsp3) is 0.312. The normalized spacial score (nSPS) is 10.9. The number of esters is 1. The number of ether oxygens (including phenoxy) is 8. The summed E-state index contributed by atoms with van der Waals surface area (Å²) in [5.41, 5.74) is 7.12. The lowest BCUT2D eigenvalue weighted by Gasteiger charge is -2.21. The van der Waals surface area contributed by atoms with Gasteiger partial charge in [-0.3, -0.25) is 9.36 Å². The fourth-order valence-corrected chi connectivity index (χ4v) is 4.81. The highest BCUT2D eigenvalue weighted by atomic mass is 16.6. The zero-order valence-corrected chi connectivity index (χ0v) is 25.6. The van der Waals surface area contributed by atoms with Gasteiger partial charge in [0.15, 0.2) is 23.0 Å². The molecule has 0 bridgehead atoms. The van der Waals surface area contributed by atoms with Gasteiger partial charge in [-0.15, -0.1) is 0 Å². The van der Waals surface area contributed by atoms with E-state index in [4.69, 9.17) is 43.6 Å². The van der Waals surface area contributed by atoms with Gasteiger partial charge in [-0.05, 0) is 54.1 Å². The molecule has 1 heterocycles. The summed E-state index contributed by atoms with van der Waals surface area (Å²) in [4.78, 5) is 27.9. The number of rotatable bonds is 14. The van der Waals surface area contributed by atoms with Crippen LogP contribution in [0.3, 0.4) is 0 Å². The fourth-order valence-electron chi connectivity index (χ4n) is 4.81. The Morgan fingerprint density at radius 2 is 1.34 bits per heavy atom. The SMILES string of the molecule is COCCOCCOc1cc2c(-c3cc(OC)c(OC)c(OC)c3)c(C(=O)OC)n(-c3ccc(N)cc3)c(=O)c2cc1OC.